The van der Waals surface area contributed by atoms with Crippen LogP contribution in [0.5, 0.6) is 0 Å². The molecule has 1 aromatic carbocycles. The molecule has 0 unspecified atom stereocenters. The average Bonchev–Trinajstić information content (AvgIpc) is 2.42. The highest BCUT2D eigenvalue weighted by Crippen LogP contribution is 2.11. The maximum absolute atomic E-state index is 13.6. The lowest BCUT2D eigenvalue weighted by Gasteiger charge is -2.18. The summed E-state index contributed by atoms with van der Waals surface area (Å²) < 4.78 is 19.1. The molecule has 1 aromatic rings. The number of likely N-dealkylation sites (N-methyl/N-ethyl adjacent to an activating group) is 1. The molecular weight excluding hydrogens is 269 g/mol. The number of nitrogens with zero attached hydrogens (tertiary/aromatic N) is 1. The van der Waals surface area contributed by atoms with Gasteiger partial charge < -0.3 is 9.84 Å². The van der Waals surface area contributed by atoms with Crippen molar-refractivity contribution in [3.63, 3.8) is 0 Å². The van der Waals surface area contributed by atoms with Crippen molar-refractivity contribution in [2.24, 2.45) is 0 Å². The van der Waals surface area contributed by atoms with Gasteiger partial charge in [-0.25, -0.2) is 4.39 Å². The summed E-state index contributed by atoms with van der Waals surface area (Å²) in [5.74, 6) is 5.18. The Hall–Kier alpha value is -1.41. The zero-order valence-electron chi connectivity index (χ0n) is 13.0. The molecule has 0 aliphatic rings. The molecule has 1 rings (SSSR count). The maximum atomic E-state index is 13.6. The summed E-state index contributed by atoms with van der Waals surface area (Å²) in [4.78, 5) is 2.13. The van der Waals surface area contributed by atoms with Crippen LogP contribution in [0.1, 0.15) is 31.4 Å². The van der Waals surface area contributed by atoms with Crippen LogP contribution in [0.2, 0.25) is 0 Å². The highest BCUT2D eigenvalue weighted by atomic mass is 19.1. The molecule has 0 fully saturated rings. The van der Waals surface area contributed by atoms with E-state index in [4.69, 9.17) is 9.84 Å². The molecule has 0 saturated heterocycles. The van der Waals surface area contributed by atoms with E-state index in [0.29, 0.717) is 18.6 Å². The Balaban J connectivity index is 2.59. The summed E-state index contributed by atoms with van der Waals surface area (Å²) in [6.45, 7) is 6.23. The molecule has 116 valence electrons. The number of benzene rings is 1. The molecule has 0 saturated carbocycles. The molecule has 0 radical (unpaired) electrons. The van der Waals surface area contributed by atoms with E-state index in [-0.39, 0.29) is 18.5 Å². The van der Waals surface area contributed by atoms with Crippen molar-refractivity contribution in [3.8, 4) is 11.8 Å². The van der Waals surface area contributed by atoms with Crippen LogP contribution in [0, 0.1) is 17.7 Å². The summed E-state index contributed by atoms with van der Waals surface area (Å²) >= 11 is 0. The van der Waals surface area contributed by atoms with Crippen molar-refractivity contribution in [1.82, 2.24) is 4.90 Å². The van der Waals surface area contributed by atoms with Crippen molar-refractivity contribution in [3.05, 3.63) is 35.1 Å². The lowest BCUT2D eigenvalue weighted by molar-refractivity contribution is 0.0627. The third-order valence-corrected chi connectivity index (χ3v) is 2.87. The predicted octanol–water partition coefficient (Wildman–Crippen LogP) is 2.42. The van der Waals surface area contributed by atoms with Gasteiger partial charge in [0.15, 0.2) is 0 Å². The van der Waals surface area contributed by atoms with Crippen LogP contribution < -0.4 is 0 Å². The lowest BCUT2D eigenvalue weighted by Crippen LogP contribution is -2.24. The maximum Gasteiger partial charge on any atom is 0.138 e. The van der Waals surface area contributed by atoms with Gasteiger partial charge in [0, 0.05) is 19.5 Å². The van der Waals surface area contributed by atoms with Gasteiger partial charge in [-0.15, -0.1) is 0 Å². The monoisotopic (exact) mass is 293 g/mol. The first-order valence-corrected chi connectivity index (χ1v) is 7.21. The fourth-order valence-electron chi connectivity index (χ4n) is 1.82. The van der Waals surface area contributed by atoms with Crippen molar-refractivity contribution < 1.29 is 14.2 Å². The van der Waals surface area contributed by atoms with E-state index in [0.717, 1.165) is 18.7 Å². The first-order chi connectivity index (χ1) is 10.0. The van der Waals surface area contributed by atoms with Gasteiger partial charge in [0.05, 0.1) is 24.9 Å². The standard InChI is InChI=1S/C17H24FNO2/c1-14(2)21-11-9-19(3)13-15-7-8-17(18)16(12-15)6-4-5-10-20/h7-8,12,14,20H,5,9-11,13H2,1-3H3. The van der Waals surface area contributed by atoms with Gasteiger partial charge in [0.2, 0.25) is 0 Å². The van der Waals surface area contributed by atoms with Crippen LogP contribution in [0.15, 0.2) is 18.2 Å². The number of hydrogen-bond donors (Lipinski definition) is 1. The molecule has 0 amide bonds. The van der Waals surface area contributed by atoms with E-state index in [9.17, 15) is 4.39 Å². The Labute approximate surface area is 126 Å². The van der Waals surface area contributed by atoms with Crippen LogP contribution in [0.4, 0.5) is 4.39 Å². The van der Waals surface area contributed by atoms with Gasteiger partial charge in [0.25, 0.3) is 0 Å². The highest BCUT2D eigenvalue weighted by Gasteiger charge is 2.05. The summed E-state index contributed by atoms with van der Waals surface area (Å²) in [5.41, 5.74) is 1.39. The number of hydrogen-bond acceptors (Lipinski definition) is 3. The average molecular weight is 293 g/mol. The minimum Gasteiger partial charge on any atom is -0.395 e. The van der Waals surface area contributed by atoms with E-state index in [2.05, 4.69) is 16.7 Å². The second-order valence-corrected chi connectivity index (χ2v) is 5.25. The Kier molecular flexibility index (Phi) is 7.99. The Bertz CT molecular complexity index is 491. The molecule has 1 N–H and O–H groups in total. The highest BCUT2D eigenvalue weighted by molar-refractivity contribution is 5.38. The van der Waals surface area contributed by atoms with E-state index < -0.39 is 0 Å². The Morgan fingerprint density at radius 1 is 1.38 bits per heavy atom. The third kappa shape index (κ3) is 7.24. The van der Waals surface area contributed by atoms with E-state index in [1.807, 2.05) is 20.9 Å². The van der Waals surface area contributed by atoms with Gasteiger partial charge in [-0.3, -0.25) is 4.90 Å². The summed E-state index contributed by atoms with van der Waals surface area (Å²) in [5, 5.41) is 8.69. The number of aliphatic hydroxyl groups excluding tert-OH is 1. The molecule has 0 atom stereocenters. The first kappa shape index (κ1) is 17.6. The summed E-state index contributed by atoms with van der Waals surface area (Å²) in [7, 11) is 2.00. The lowest BCUT2D eigenvalue weighted by atomic mass is 10.1. The molecule has 0 aromatic heterocycles. The smallest absolute Gasteiger partial charge is 0.138 e. The van der Waals surface area contributed by atoms with E-state index in [1.54, 1.807) is 12.1 Å². The molecule has 3 nitrogen and oxygen atoms in total. The zero-order chi connectivity index (χ0) is 15.7. The summed E-state index contributed by atoms with van der Waals surface area (Å²) in [6, 6.07) is 4.97. The number of aliphatic hydroxyl groups is 1. The van der Waals surface area contributed by atoms with Crippen LogP contribution in [-0.4, -0.2) is 42.9 Å². The molecular formula is C17H24FNO2. The van der Waals surface area contributed by atoms with Gasteiger partial charge >= 0.3 is 0 Å². The number of rotatable bonds is 7. The molecule has 0 aliphatic carbocycles. The molecule has 0 spiro atoms. The van der Waals surface area contributed by atoms with E-state index >= 15 is 0 Å². The largest absolute Gasteiger partial charge is 0.395 e. The van der Waals surface area contributed by atoms with Gasteiger partial charge in [-0.05, 0) is 38.6 Å². The Morgan fingerprint density at radius 3 is 2.81 bits per heavy atom. The SMILES string of the molecule is CC(C)OCCN(C)Cc1ccc(F)c(C#CCCO)c1. The zero-order valence-corrected chi connectivity index (χ0v) is 13.0. The molecule has 4 heteroatoms. The fraction of sp³-hybridized carbons (Fsp3) is 0.529. The molecule has 0 heterocycles. The van der Waals surface area contributed by atoms with Gasteiger partial charge in [-0.2, -0.15) is 0 Å². The normalized spacial score (nSPS) is 10.8. The van der Waals surface area contributed by atoms with Gasteiger partial charge in [-0.1, -0.05) is 17.9 Å². The Morgan fingerprint density at radius 2 is 2.14 bits per heavy atom. The van der Waals surface area contributed by atoms with Gasteiger partial charge in [0.1, 0.15) is 5.82 Å². The van der Waals surface area contributed by atoms with Crippen molar-refractivity contribution in [2.75, 3.05) is 26.8 Å². The van der Waals surface area contributed by atoms with E-state index in [1.165, 1.54) is 6.07 Å². The quantitative estimate of drug-likeness (QED) is 0.784. The fourth-order valence-corrected chi connectivity index (χ4v) is 1.82. The molecule has 0 bridgehead atoms. The van der Waals surface area contributed by atoms with Crippen molar-refractivity contribution in [2.45, 2.75) is 32.9 Å². The van der Waals surface area contributed by atoms with Crippen molar-refractivity contribution >= 4 is 0 Å². The van der Waals surface area contributed by atoms with Crippen LogP contribution in [-0.2, 0) is 11.3 Å². The minimum atomic E-state index is -0.324. The van der Waals surface area contributed by atoms with Crippen LogP contribution in [0.3, 0.4) is 0 Å². The number of ether oxygens (including phenoxy) is 1. The summed E-state index contributed by atoms with van der Waals surface area (Å²) in [6.07, 6.45) is 0.591. The second kappa shape index (κ2) is 9.51. The number of halogens is 1. The first-order valence-electron chi connectivity index (χ1n) is 7.21. The second-order valence-electron chi connectivity index (χ2n) is 5.25. The minimum absolute atomic E-state index is 0.00704. The van der Waals surface area contributed by atoms with Crippen LogP contribution >= 0.6 is 0 Å². The van der Waals surface area contributed by atoms with Crippen molar-refractivity contribution in [1.29, 1.82) is 0 Å². The molecule has 0 aliphatic heterocycles. The third-order valence-electron chi connectivity index (χ3n) is 2.87. The topological polar surface area (TPSA) is 32.7 Å². The molecule has 21 heavy (non-hydrogen) atoms. The predicted molar refractivity (Wildman–Crippen MR) is 82.4 cm³/mol. The van der Waals surface area contributed by atoms with Crippen LogP contribution in [0.25, 0.3) is 0 Å².